The Hall–Kier alpha value is -0.540. The van der Waals surface area contributed by atoms with Gasteiger partial charge in [0.05, 0.1) is 5.69 Å². The summed E-state index contributed by atoms with van der Waals surface area (Å²) < 4.78 is 1.18. The van der Waals surface area contributed by atoms with E-state index in [1.54, 1.807) is 0 Å². The van der Waals surface area contributed by atoms with E-state index in [-0.39, 0.29) is 5.54 Å². The molecular weight excluding hydrogens is 302 g/mol. The molecule has 0 radical (unpaired) electrons. The minimum Gasteiger partial charge on any atom is -0.396 e. The van der Waals surface area contributed by atoms with Gasteiger partial charge in [-0.3, -0.25) is 0 Å². The van der Waals surface area contributed by atoms with E-state index in [1.165, 1.54) is 22.1 Å². The van der Waals surface area contributed by atoms with Crippen LogP contribution in [0.2, 0.25) is 0 Å². The Bertz CT molecular complexity index is 444. The van der Waals surface area contributed by atoms with Crippen LogP contribution in [0.5, 0.6) is 0 Å². The van der Waals surface area contributed by atoms with Gasteiger partial charge in [-0.25, -0.2) is 0 Å². The van der Waals surface area contributed by atoms with Gasteiger partial charge in [-0.05, 0) is 79.6 Å². The SMILES string of the molecule is Cc1ccc(N2CCC(CCO)CC2(C)C)c(Br)c1. The lowest BCUT2D eigenvalue weighted by Crippen LogP contribution is -2.50. The largest absolute Gasteiger partial charge is 0.396 e. The van der Waals surface area contributed by atoms with Crippen molar-refractivity contribution in [3.05, 3.63) is 28.2 Å². The third-order valence-corrected chi connectivity index (χ3v) is 4.85. The van der Waals surface area contributed by atoms with Crippen LogP contribution in [0.3, 0.4) is 0 Å². The van der Waals surface area contributed by atoms with Crippen molar-refractivity contribution in [3.63, 3.8) is 0 Å². The number of aliphatic hydroxyl groups is 1. The summed E-state index contributed by atoms with van der Waals surface area (Å²) in [6, 6.07) is 6.58. The van der Waals surface area contributed by atoms with Gasteiger partial charge in [0.25, 0.3) is 0 Å². The molecule has 1 aromatic carbocycles. The van der Waals surface area contributed by atoms with E-state index in [4.69, 9.17) is 5.11 Å². The third-order valence-electron chi connectivity index (χ3n) is 4.21. The maximum absolute atomic E-state index is 9.13. The van der Waals surface area contributed by atoms with E-state index < -0.39 is 0 Å². The Morgan fingerprint density at radius 1 is 1.42 bits per heavy atom. The molecule has 0 saturated carbocycles. The summed E-state index contributed by atoms with van der Waals surface area (Å²) in [6.07, 6.45) is 3.25. The molecule has 1 aromatic rings. The number of aryl methyl sites for hydroxylation is 1. The molecular formula is C16H24BrNO. The maximum Gasteiger partial charge on any atom is 0.0515 e. The fourth-order valence-electron chi connectivity index (χ4n) is 3.24. The summed E-state index contributed by atoms with van der Waals surface area (Å²) in [5.74, 6) is 0.653. The lowest BCUT2D eigenvalue weighted by molar-refractivity contribution is 0.205. The normalized spacial score (nSPS) is 22.6. The molecule has 1 unspecified atom stereocenters. The van der Waals surface area contributed by atoms with Crippen molar-refractivity contribution in [2.45, 2.75) is 45.6 Å². The highest BCUT2D eigenvalue weighted by Crippen LogP contribution is 2.39. The second kappa shape index (κ2) is 5.84. The van der Waals surface area contributed by atoms with Gasteiger partial charge in [0.15, 0.2) is 0 Å². The average Bonchev–Trinajstić information content (AvgIpc) is 2.30. The molecule has 0 aromatic heterocycles. The highest BCUT2D eigenvalue weighted by atomic mass is 79.9. The zero-order valence-corrected chi connectivity index (χ0v) is 13.7. The second-order valence-electron chi connectivity index (χ2n) is 6.29. The molecule has 1 aliphatic heterocycles. The maximum atomic E-state index is 9.13. The topological polar surface area (TPSA) is 23.5 Å². The highest BCUT2D eigenvalue weighted by Gasteiger charge is 2.35. The first-order valence-corrected chi connectivity index (χ1v) is 7.88. The number of nitrogens with zero attached hydrogens (tertiary/aromatic N) is 1. The number of rotatable bonds is 3. The van der Waals surface area contributed by atoms with Gasteiger partial charge in [-0.2, -0.15) is 0 Å². The molecule has 1 N–H and O–H groups in total. The molecule has 1 aliphatic rings. The fraction of sp³-hybridized carbons (Fsp3) is 0.625. The first-order valence-electron chi connectivity index (χ1n) is 7.08. The summed E-state index contributed by atoms with van der Waals surface area (Å²) >= 11 is 3.70. The number of hydrogen-bond acceptors (Lipinski definition) is 2. The molecule has 0 bridgehead atoms. The Balaban J connectivity index is 2.21. The first-order chi connectivity index (χ1) is 8.94. The Morgan fingerprint density at radius 3 is 2.74 bits per heavy atom. The first kappa shape index (κ1) is 14.9. The molecule has 1 fully saturated rings. The minimum atomic E-state index is 0.149. The van der Waals surface area contributed by atoms with E-state index in [2.05, 4.69) is 59.8 Å². The van der Waals surface area contributed by atoms with E-state index in [0.29, 0.717) is 12.5 Å². The highest BCUT2D eigenvalue weighted by molar-refractivity contribution is 9.10. The summed E-state index contributed by atoms with van der Waals surface area (Å²) in [7, 11) is 0. The quantitative estimate of drug-likeness (QED) is 0.902. The third kappa shape index (κ3) is 3.32. The zero-order valence-electron chi connectivity index (χ0n) is 12.1. The molecule has 0 amide bonds. The van der Waals surface area contributed by atoms with Crippen LogP contribution in [0.15, 0.2) is 22.7 Å². The van der Waals surface area contributed by atoms with E-state index >= 15 is 0 Å². The van der Waals surface area contributed by atoms with Gasteiger partial charge in [0.2, 0.25) is 0 Å². The number of anilines is 1. The van der Waals surface area contributed by atoms with Gasteiger partial charge in [-0.15, -0.1) is 0 Å². The second-order valence-corrected chi connectivity index (χ2v) is 7.14. The molecule has 19 heavy (non-hydrogen) atoms. The Labute approximate surface area is 124 Å². The molecule has 1 saturated heterocycles. The van der Waals surface area contributed by atoms with Crippen LogP contribution < -0.4 is 4.90 Å². The van der Waals surface area contributed by atoms with Crippen molar-refractivity contribution >= 4 is 21.6 Å². The number of aliphatic hydroxyl groups excluding tert-OH is 1. The monoisotopic (exact) mass is 325 g/mol. The predicted molar refractivity (Wildman–Crippen MR) is 84.7 cm³/mol. The van der Waals surface area contributed by atoms with Crippen molar-refractivity contribution in [3.8, 4) is 0 Å². The van der Waals surface area contributed by atoms with Crippen LogP contribution in [0.25, 0.3) is 0 Å². The molecule has 3 heteroatoms. The van der Waals surface area contributed by atoms with Crippen LogP contribution in [-0.2, 0) is 0 Å². The molecule has 2 nitrogen and oxygen atoms in total. The summed E-state index contributed by atoms with van der Waals surface area (Å²) in [5, 5.41) is 9.13. The van der Waals surface area contributed by atoms with Gasteiger partial charge >= 0.3 is 0 Å². The van der Waals surface area contributed by atoms with Crippen molar-refractivity contribution in [1.82, 2.24) is 0 Å². The number of halogens is 1. The van der Waals surface area contributed by atoms with Crippen LogP contribution in [0.4, 0.5) is 5.69 Å². The molecule has 0 spiro atoms. The molecule has 106 valence electrons. The molecule has 0 aliphatic carbocycles. The summed E-state index contributed by atoms with van der Waals surface area (Å²) in [6.45, 7) is 8.12. The lowest BCUT2D eigenvalue weighted by Gasteiger charge is -2.47. The number of hydrogen-bond donors (Lipinski definition) is 1. The summed E-state index contributed by atoms with van der Waals surface area (Å²) in [5.41, 5.74) is 2.72. The van der Waals surface area contributed by atoms with E-state index in [0.717, 1.165) is 19.4 Å². The Morgan fingerprint density at radius 2 is 2.16 bits per heavy atom. The van der Waals surface area contributed by atoms with Crippen LogP contribution in [-0.4, -0.2) is 23.8 Å². The molecule has 1 heterocycles. The van der Waals surface area contributed by atoms with Gasteiger partial charge < -0.3 is 10.0 Å². The zero-order chi connectivity index (χ0) is 14.0. The van der Waals surface area contributed by atoms with Crippen molar-refractivity contribution in [1.29, 1.82) is 0 Å². The summed E-state index contributed by atoms with van der Waals surface area (Å²) in [4.78, 5) is 2.50. The van der Waals surface area contributed by atoms with Crippen LogP contribution >= 0.6 is 15.9 Å². The van der Waals surface area contributed by atoms with Crippen molar-refractivity contribution in [2.24, 2.45) is 5.92 Å². The average molecular weight is 326 g/mol. The lowest BCUT2D eigenvalue weighted by atomic mass is 9.81. The van der Waals surface area contributed by atoms with E-state index in [1.807, 2.05) is 0 Å². The number of piperidine rings is 1. The van der Waals surface area contributed by atoms with Crippen molar-refractivity contribution < 1.29 is 5.11 Å². The molecule has 1 atom stereocenters. The van der Waals surface area contributed by atoms with Crippen LogP contribution in [0.1, 0.15) is 38.7 Å². The smallest absolute Gasteiger partial charge is 0.0515 e. The van der Waals surface area contributed by atoms with Gasteiger partial charge in [-0.1, -0.05) is 6.07 Å². The standard InChI is InChI=1S/C16H24BrNO/c1-12-4-5-15(14(17)10-12)18-8-6-13(7-9-19)11-16(18,2)3/h4-5,10,13,19H,6-9,11H2,1-3H3. The predicted octanol–water partition coefficient (Wildman–Crippen LogP) is 4.13. The van der Waals surface area contributed by atoms with Gasteiger partial charge in [0, 0.05) is 23.2 Å². The van der Waals surface area contributed by atoms with Crippen molar-refractivity contribution in [2.75, 3.05) is 18.1 Å². The number of benzene rings is 1. The Kier molecular flexibility index (Phi) is 4.57. The minimum absolute atomic E-state index is 0.149. The van der Waals surface area contributed by atoms with Gasteiger partial charge in [0.1, 0.15) is 0 Å². The molecule has 2 rings (SSSR count). The van der Waals surface area contributed by atoms with E-state index in [9.17, 15) is 0 Å². The van der Waals surface area contributed by atoms with Crippen LogP contribution in [0, 0.1) is 12.8 Å². The fourth-order valence-corrected chi connectivity index (χ4v) is 3.95.